The highest BCUT2D eigenvalue weighted by atomic mass is 16.5. The number of fused-ring (bicyclic) bond motifs is 1. The number of methoxy groups -OCH3 is 2. The van der Waals surface area contributed by atoms with Crippen LogP contribution in [0, 0.1) is 0 Å². The molecule has 7 heteroatoms. The maximum atomic E-state index is 11.0. The fourth-order valence-corrected chi connectivity index (χ4v) is 2.62. The standard InChI is InChI=1S/C16H18N4O3/c1-22-12-7-6-10(8-17-9-14-18-16(21)20-19-14)15-11(12)4-3-5-13(15)23-2/h3-7,17H,8-9H2,1-2H3,(H2,18,19,20,21). The minimum atomic E-state index is -0.307. The molecule has 3 rings (SSSR count). The fourth-order valence-electron chi connectivity index (χ4n) is 2.62. The molecular weight excluding hydrogens is 296 g/mol. The van der Waals surface area contributed by atoms with E-state index in [1.165, 1.54) is 0 Å². The van der Waals surface area contributed by atoms with E-state index in [2.05, 4.69) is 20.5 Å². The van der Waals surface area contributed by atoms with Gasteiger partial charge in [-0.05, 0) is 17.7 Å². The Kier molecular flexibility index (Phi) is 4.29. The van der Waals surface area contributed by atoms with Crippen molar-refractivity contribution in [2.45, 2.75) is 13.1 Å². The van der Waals surface area contributed by atoms with Crippen LogP contribution < -0.4 is 20.5 Å². The summed E-state index contributed by atoms with van der Waals surface area (Å²) in [6.45, 7) is 1.07. The van der Waals surface area contributed by atoms with E-state index in [1.807, 2.05) is 30.3 Å². The Morgan fingerprint density at radius 2 is 1.91 bits per heavy atom. The van der Waals surface area contributed by atoms with Crippen molar-refractivity contribution in [2.24, 2.45) is 0 Å². The number of rotatable bonds is 6. The van der Waals surface area contributed by atoms with Gasteiger partial charge in [0.1, 0.15) is 17.3 Å². The van der Waals surface area contributed by atoms with E-state index in [9.17, 15) is 4.79 Å². The molecule has 0 spiro atoms. The Bertz CT molecular complexity index is 869. The summed E-state index contributed by atoms with van der Waals surface area (Å²) in [6.07, 6.45) is 0. The van der Waals surface area contributed by atoms with Gasteiger partial charge in [0.2, 0.25) is 0 Å². The monoisotopic (exact) mass is 314 g/mol. The van der Waals surface area contributed by atoms with Gasteiger partial charge in [0, 0.05) is 17.3 Å². The van der Waals surface area contributed by atoms with Crippen molar-refractivity contribution in [3.05, 3.63) is 52.2 Å². The smallest absolute Gasteiger partial charge is 0.340 e. The summed E-state index contributed by atoms with van der Waals surface area (Å²) in [5.74, 6) is 2.17. The van der Waals surface area contributed by atoms with Crippen molar-refractivity contribution >= 4 is 10.8 Å². The Labute approximate surface area is 132 Å². The van der Waals surface area contributed by atoms with Crippen LogP contribution in [0.4, 0.5) is 0 Å². The normalized spacial score (nSPS) is 10.9. The average Bonchev–Trinajstić information content (AvgIpc) is 2.99. The zero-order chi connectivity index (χ0) is 16.2. The predicted octanol–water partition coefficient (Wildman–Crippen LogP) is 1.56. The van der Waals surface area contributed by atoms with Crippen LogP contribution in [0.25, 0.3) is 10.8 Å². The molecule has 0 aliphatic rings. The maximum Gasteiger partial charge on any atom is 0.340 e. The number of nitrogens with zero attached hydrogens (tertiary/aromatic N) is 1. The summed E-state index contributed by atoms with van der Waals surface area (Å²) in [6, 6.07) is 9.82. The minimum Gasteiger partial charge on any atom is -0.496 e. The van der Waals surface area contributed by atoms with Crippen LogP contribution in [0.2, 0.25) is 0 Å². The lowest BCUT2D eigenvalue weighted by Crippen LogP contribution is -2.15. The van der Waals surface area contributed by atoms with Crippen molar-refractivity contribution in [3.63, 3.8) is 0 Å². The summed E-state index contributed by atoms with van der Waals surface area (Å²) in [4.78, 5) is 13.6. The molecule has 1 aromatic heterocycles. The molecule has 2 aromatic carbocycles. The Hall–Kier alpha value is -2.80. The van der Waals surface area contributed by atoms with Gasteiger partial charge in [-0.1, -0.05) is 18.2 Å². The first-order chi connectivity index (χ1) is 11.2. The van der Waals surface area contributed by atoms with Gasteiger partial charge >= 0.3 is 5.69 Å². The molecule has 120 valence electrons. The summed E-state index contributed by atoms with van der Waals surface area (Å²) in [7, 11) is 3.31. The molecule has 0 saturated heterocycles. The van der Waals surface area contributed by atoms with Gasteiger partial charge in [0.15, 0.2) is 0 Å². The molecular formula is C16H18N4O3. The Morgan fingerprint density at radius 1 is 1.09 bits per heavy atom. The van der Waals surface area contributed by atoms with Gasteiger partial charge in [-0.25, -0.2) is 9.89 Å². The fraction of sp³-hybridized carbons (Fsp3) is 0.250. The quantitative estimate of drug-likeness (QED) is 0.642. The van der Waals surface area contributed by atoms with Crippen LogP contribution in [0.1, 0.15) is 11.4 Å². The summed E-state index contributed by atoms with van der Waals surface area (Å²) < 4.78 is 10.9. The number of nitrogens with one attached hydrogen (secondary N) is 3. The molecule has 0 bridgehead atoms. The number of aromatic nitrogens is 3. The minimum absolute atomic E-state index is 0.307. The Morgan fingerprint density at radius 3 is 2.61 bits per heavy atom. The molecule has 1 heterocycles. The van der Waals surface area contributed by atoms with Crippen LogP contribution >= 0.6 is 0 Å². The second kappa shape index (κ2) is 6.53. The van der Waals surface area contributed by atoms with E-state index in [0.29, 0.717) is 18.9 Å². The lowest BCUT2D eigenvalue weighted by Gasteiger charge is -2.14. The second-order valence-corrected chi connectivity index (χ2v) is 5.04. The van der Waals surface area contributed by atoms with Crippen LogP contribution in [0.5, 0.6) is 11.5 Å². The Balaban J connectivity index is 1.89. The van der Waals surface area contributed by atoms with Gasteiger partial charge in [0.05, 0.1) is 20.8 Å². The van der Waals surface area contributed by atoms with E-state index in [4.69, 9.17) is 9.47 Å². The number of hydrogen-bond acceptors (Lipinski definition) is 5. The zero-order valence-corrected chi connectivity index (χ0v) is 13.0. The molecule has 23 heavy (non-hydrogen) atoms. The van der Waals surface area contributed by atoms with E-state index < -0.39 is 0 Å². The first-order valence-electron chi connectivity index (χ1n) is 7.19. The van der Waals surface area contributed by atoms with Crippen LogP contribution in [-0.4, -0.2) is 29.4 Å². The molecule has 3 aromatic rings. The van der Waals surface area contributed by atoms with Crippen molar-refractivity contribution < 1.29 is 9.47 Å². The van der Waals surface area contributed by atoms with Gasteiger partial charge in [-0.15, -0.1) is 0 Å². The largest absolute Gasteiger partial charge is 0.496 e. The highest BCUT2D eigenvalue weighted by Crippen LogP contribution is 2.34. The topological polar surface area (TPSA) is 92.0 Å². The highest BCUT2D eigenvalue weighted by molar-refractivity contribution is 5.95. The summed E-state index contributed by atoms with van der Waals surface area (Å²) in [5, 5.41) is 11.5. The summed E-state index contributed by atoms with van der Waals surface area (Å²) in [5.41, 5.74) is 0.773. The van der Waals surface area contributed by atoms with Gasteiger partial charge in [0.25, 0.3) is 0 Å². The predicted molar refractivity (Wildman–Crippen MR) is 86.8 cm³/mol. The number of ether oxygens (including phenoxy) is 2. The van der Waals surface area contributed by atoms with Crippen molar-refractivity contribution in [1.29, 1.82) is 0 Å². The van der Waals surface area contributed by atoms with Crippen molar-refractivity contribution in [3.8, 4) is 11.5 Å². The molecule has 0 fully saturated rings. The lowest BCUT2D eigenvalue weighted by atomic mass is 10.0. The van der Waals surface area contributed by atoms with Crippen molar-refractivity contribution in [2.75, 3.05) is 14.2 Å². The third kappa shape index (κ3) is 3.04. The van der Waals surface area contributed by atoms with Gasteiger partial charge in [-0.3, -0.25) is 4.98 Å². The molecule has 0 aliphatic heterocycles. The summed E-state index contributed by atoms with van der Waals surface area (Å²) >= 11 is 0. The molecule has 7 nitrogen and oxygen atoms in total. The van der Waals surface area contributed by atoms with Gasteiger partial charge < -0.3 is 14.8 Å². The SMILES string of the molecule is COc1ccc(CNCc2n[nH]c(=O)[nH]2)c2c(OC)cccc12. The molecule has 0 saturated carbocycles. The van der Waals surface area contributed by atoms with Crippen LogP contribution in [0.3, 0.4) is 0 Å². The molecule has 0 radical (unpaired) electrons. The van der Waals surface area contributed by atoms with Crippen LogP contribution in [0.15, 0.2) is 35.1 Å². The third-order valence-electron chi connectivity index (χ3n) is 3.65. The molecule has 0 unspecified atom stereocenters. The maximum absolute atomic E-state index is 11.0. The van der Waals surface area contributed by atoms with E-state index in [1.54, 1.807) is 14.2 Å². The van der Waals surface area contributed by atoms with Gasteiger partial charge in [-0.2, -0.15) is 5.10 Å². The van der Waals surface area contributed by atoms with E-state index in [-0.39, 0.29) is 5.69 Å². The van der Waals surface area contributed by atoms with Crippen LogP contribution in [-0.2, 0) is 13.1 Å². The van der Waals surface area contributed by atoms with E-state index >= 15 is 0 Å². The second-order valence-electron chi connectivity index (χ2n) is 5.04. The number of H-pyrrole nitrogens is 2. The highest BCUT2D eigenvalue weighted by Gasteiger charge is 2.11. The lowest BCUT2D eigenvalue weighted by molar-refractivity contribution is 0.415. The van der Waals surface area contributed by atoms with E-state index in [0.717, 1.165) is 27.8 Å². The first kappa shape index (κ1) is 15.1. The third-order valence-corrected chi connectivity index (χ3v) is 3.65. The van der Waals surface area contributed by atoms with Crippen molar-refractivity contribution in [1.82, 2.24) is 20.5 Å². The number of hydrogen-bond donors (Lipinski definition) is 3. The first-order valence-corrected chi connectivity index (χ1v) is 7.19. The zero-order valence-electron chi connectivity index (χ0n) is 13.0. The molecule has 3 N–H and O–H groups in total. The number of benzene rings is 2. The molecule has 0 aliphatic carbocycles. The average molecular weight is 314 g/mol. The molecule has 0 atom stereocenters. The molecule has 0 amide bonds. The number of aromatic amines is 2.